The molecule has 1 N–H and O–H groups in total. The second-order valence-electron chi connectivity index (χ2n) is 4.42. The molecule has 0 aromatic carbocycles. The van der Waals surface area contributed by atoms with E-state index in [1.807, 2.05) is 0 Å². The largest absolute Gasteiger partial charge is 0.376 e. The van der Waals surface area contributed by atoms with Gasteiger partial charge in [-0.25, -0.2) is 0 Å². The zero-order valence-electron chi connectivity index (χ0n) is 8.52. The summed E-state index contributed by atoms with van der Waals surface area (Å²) in [4.78, 5) is 0. The van der Waals surface area contributed by atoms with Crippen LogP contribution >= 0.6 is 0 Å². The molecule has 0 saturated carbocycles. The lowest BCUT2D eigenvalue weighted by Crippen LogP contribution is -2.48. The Morgan fingerprint density at radius 2 is 2.08 bits per heavy atom. The molecule has 1 rings (SSSR count). The van der Waals surface area contributed by atoms with Gasteiger partial charge in [-0.15, -0.1) is 0 Å². The van der Waals surface area contributed by atoms with Crippen molar-refractivity contribution in [3.63, 3.8) is 0 Å². The third-order valence-corrected chi connectivity index (χ3v) is 2.83. The van der Waals surface area contributed by atoms with Crippen LogP contribution in [0.2, 0.25) is 0 Å². The minimum Gasteiger partial charge on any atom is -0.376 e. The zero-order chi connectivity index (χ0) is 9.03. The lowest BCUT2D eigenvalue weighted by Gasteiger charge is -2.29. The lowest BCUT2D eigenvalue weighted by molar-refractivity contribution is 0.00515. The van der Waals surface area contributed by atoms with E-state index >= 15 is 0 Å². The van der Waals surface area contributed by atoms with Crippen molar-refractivity contribution in [2.24, 2.45) is 5.41 Å². The smallest absolute Gasteiger partial charge is 0.0823 e. The van der Waals surface area contributed by atoms with Crippen molar-refractivity contribution >= 4 is 0 Å². The number of ether oxygens (including phenoxy) is 1. The first kappa shape index (κ1) is 10.0. The van der Waals surface area contributed by atoms with E-state index in [9.17, 15) is 0 Å². The average Bonchev–Trinajstić information content (AvgIpc) is 1.95. The van der Waals surface area contributed by atoms with Crippen LogP contribution in [-0.2, 0) is 4.74 Å². The molecule has 0 aromatic heterocycles. The molecule has 1 heterocycles. The first-order valence-electron chi connectivity index (χ1n) is 4.96. The fourth-order valence-electron chi connectivity index (χ4n) is 1.06. The SMILES string of the molecule is CCC(C)(C)CCOC1CNC1. The Morgan fingerprint density at radius 3 is 2.50 bits per heavy atom. The minimum absolute atomic E-state index is 0.456. The van der Waals surface area contributed by atoms with Crippen LogP contribution in [0.1, 0.15) is 33.6 Å². The van der Waals surface area contributed by atoms with Crippen LogP contribution in [0, 0.1) is 5.41 Å². The minimum atomic E-state index is 0.456. The lowest BCUT2D eigenvalue weighted by atomic mass is 9.87. The highest BCUT2D eigenvalue weighted by atomic mass is 16.5. The van der Waals surface area contributed by atoms with Crippen LogP contribution in [0.15, 0.2) is 0 Å². The van der Waals surface area contributed by atoms with Gasteiger partial charge in [0.2, 0.25) is 0 Å². The summed E-state index contributed by atoms with van der Waals surface area (Å²) < 4.78 is 5.65. The van der Waals surface area contributed by atoms with E-state index in [0.29, 0.717) is 11.5 Å². The Labute approximate surface area is 75.7 Å². The maximum absolute atomic E-state index is 5.65. The molecule has 72 valence electrons. The predicted molar refractivity (Wildman–Crippen MR) is 51.3 cm³/mol. The molecule has 2 nitrogen and oxygen atoms in total. The molecule has 0 atom stereocenters. The van der Waals surface area contributed by atoms with Gasteiger partial charge in [0.1, 0.15) is 0 Å². The van der Waals surface area contributed by atoms with Crippen molar-refractivity contribution in [2.45, 2.75) is 39.7 Å². The van der Waals surface area contributed by atoms with Gasteiger partial charge in [-0.3, -0.25) is 0 Å². The molecule has 0 amide bonds. The zero-order valence-corrected chi connectivity index (χ0v) is 8.52. The number of hydrogen-bond donors (Lipinski definition) is 1. The third-order valence-electron chi connectivity index (χ3n) is 2.83. The second kappa shape index (κ2) is 4.24. The summed E-state index contributed by atoms with van der Waals surface area (Å²) in [6.07, 6.45) is 2.91. The summed E-state index contributed by atoms with van der Waals surface area (Å²) in [5.74, 6) is 0. The number of rotatable bonds is 5. The predicted octanol–water partition coefficient (Wildman–Crippen LogP) is 1.80. The van der Waals surface area contributed by atoms with E-state index in [4.69, 9.17) is 4.74 Å². The fraction of sp³-hybridized carbons (Fsp3) is 1.00. The Morgan fingerprint density at radius 1 is 1.42 bits per heavy atom. The fourth-order valence-corrected chi connectivity index (χ4v) is 1.06. The van der Waals surface area contributed by atoms with Crippen molar-refractivity contribution in [2.75, 3.05) is 19.7 Å². The molecule has 1 saturated heterocycles. The highest BCUT2D eigenvalue weighted by molar-refractivity contribution is 4.75. The number of nitrogens with one attached hydrogen (secondary N) is 1. The first-order chi connectivity index (χ1) is 5.64. The van der Waals surface area contributed by atoms with Gasteiger partial charge >= 0.3 is 0 Å². The summed E-state index contributed by atoms with van der Waals surface area (Å²) in [6, 6.07) is 0. The Hall–Kier alpha value is -0.0800. The topological polar surface area (TPSA) is 21.3 Å². The first-order valence-corrected chi connectivity index (χ1v) is 4.96. The van der Waals surface area contributed by atoms with Gasteiger partial charge in [-0.1, -0.05) is 27.2 Å². The van der Waals surface area contributed by atoms with Crippen LogP contribution in [0.5, 0.6) is 0 Å². The van der Waals surface area contributed by atoms with Gasteiger partial charge in [0.05, 0.1) is 6.10 Å². The van der Waals surface area contributed by atoms with Crippen LogP contribution < -0.4 is 5.32 Å². The molecule has 0 aliphatic carbocycles. The summed E-state index contributed by atoms with van der Waals surface area (Å²) in [6.45, 7) is 9.86. The van der Waals surface area contributed by atoms with Gasteiger partial charge < -0.3 is 10.1 Å². The highest BCUT2D eigenvalue weighted by Gasteiger charge is 2.19. The second-order valence-corrected chi connectivity index (χ2v) is 4.42. The van der Waals surface area contributed by atoms with E-state index in [2.05, 4.69) is 26.1 Å². The van der Waals surface area contributed by atoms with Crippen molar-refractivity contribution in [1.82, 2.24) is 5.32 Å². The Balaban J connectivity index is 2.00. The van der Waals surface area contributed by atoms with Crippen LogP contribution in [-0.4, -0.2) is 25.8 Å². The summed E-state index contributed by atoms with van der Waals surface area (Å²) in [5, 5.41) is 3.20. The van der Waals surface area contributed by atoms with Crippen molar-refractivity contribution in [1.29, 1.82) is 0 Å². The van der Waals surface area contributed by atoms with E-state index < -0.39 is 0 Å². The Bertz CT molecular complexity index is 130. The molecule has 1 aliphatic rings. The summed E-state index contributed by atoms with van der Waals surface area (Å²) in [7, 11) is 0. The maximum atomic E-state index is 5.65. The maximum Gasteiger partial charge on any atom is 0.0823 e. The molecule has 12 heavy (non-hydrogen) atoms. The summed E-state index contributed by atoms with van der Waals surface area (Å²) in [5.41, 5.74) is 0.456. The molecule has 2 heteroatoms. The monoisotopic (exact) mass is 171 g/mol. The molecule has 1 fully saturated rings. The molecule has 1 aliphatic heterocycles. The quantitative estimate of drug-likeness (QED) is 0.681. The standard InChI is InChI=1S/C10H21NO/c1-4-10(2,3)5-6-12-9-7-11-8-9/h9,11H,4-8H2,1-3H3. The number of hydrogen-bond acceptors (Lipinski definition) is 2. The van der Waals surface area contributed by atoms with Crippen molar-refractivity contribution < 1.29 is 4.74 Å². The molecule has 0 radical (unpaired) electrons. The van der Waals surface area contributed by atoms with Crippen molar-refractivity contribution in [3.05, 3.63) is 0 Å². The van der Waals surface area contributed by atoms with Crippen LogP contribution in [0.25, 0.3) is 0 Å². The van der Waals surface area contributed by atoms with Gasteiger partial charge in [-0.05, 0) is 11.8 Å². The Kier molecular flexibility index (Phi) is 3.53. The highest BCUT2D eigenvalue weighted by Crippen LogP contribution is 2.24. The van der Waals surface area contributed by atoms with E-state index in [1.54, 1.807) is 0 Å². The van der Waals surface area contributed by atoms with Gasteiger partial charge in [-0.2, -0.15) is 0 Å². The van der Waals surface area contributed by atoms with E-state index in [0.717, 1.165) is 19.7 Å². The normalized spacial score (nSPS) is 19.2. The van der Waals surface area contributed by atoms with Crippen LogP contribution in [0.4, 0.5) is 0 Å². The molecular weight excluding hydrogens is 150 g/mol. The summed E-state index contributed by atoms with van der Waals surface area (Å²) >= 11 is 0. The van der Waals surface area contributed by atoms with Crippen molar-refractivity contribution in [3.8, 4) is 0 Å². The molecule has 0 bridgehead atoms. The molecule has 0 spiro atoms. The average molecular weight is 171 g/mol. The molecule has 0 aromatic rings. The molecular formula is C10H21NO. The van der Waals surface area contributed by atoms with Gasteiger partial charge in [0.15, 0.2) is 0 Å². The van der Waals surface area contributed by atoms with E-state index in [1.165, 1.54) is 12.8 Å². The van der Waals surface area contributed by atoms with E-state index in [-0.39, 0.29) is 0 Å². The third kappa shape index (κ3) is 3.11. The molecule has 0 unspecified atom stereocenters. The van der Waals surface area contributed by atoms with Gasteiger partial charge in [0.25, 0.3) is 0 Å². The van der Waals surface area contributed by atoms with Gasteiger partial charge in [0, 0.05) is 19.7 Å². The van der Waals surface area contributed by atoms with Crippen LogP contribution in [0.3, 0.4) is 0 Å².